The molecule has 15 heavy (non-hydrogen) atoms. The molecule has 0 saturated heterocycles. The van der Waals surface area contributed by atoms with Gasteiger partial charge in [-0.1, -0.05) is 43.0 Å². The number of rotatable bonds is 5. The Hall–Kier alpha value is -1.05. The molecule has 2 heteroatoms. The van der Waals surface area contributed by atoms with Crippen molar-refractivity contribution in [3.05, 3.63) is 28.8 Å². The molecule has 1 aromatic carbocycles. The third-order valence-electron chi connectivity index (χ3n) is 2.69. The van der Waals surface area contributed by atoms with Gasteiger partial charge in [0.2, 0.25) is 0 Å². The summed E-state index contributed by atoms with van der Waals surface area (Å²) in [6.45, 7) is 6.46. The molecule has 1 rings (SSSR count). The summed E-state index contributed by atoms with van der Waals surface area (Å²) in [5.41, 5.74) is 4.92. The number of hydrogen-bond acceptors (Lipinski definition) is 1. The van der Waals surface area contributed by atoms with Crippen molar-refractivity contribution in [2.45, 2.75) is 39.9 Å². The predicted octanol–water partition coefficient (Wildman–Crippen LogP) is 2.85. The fourth-order valence-corrected chi connectivity index (χ4v) is 1.86. The summed E-state index contributed by atoms with van der Waals surface area (Å²) in [5.74, 6) is 0. The highest BCUT2D eigenvalue weighted by atomic mass is 14.3. The summed E-state index contributed by atoms with van der Waals surface area (Å²) >= 11 is 0. The average molecular weight is 200 g/mol. The number of benzene rings is 1. The van der Waals surface area contributed by atoms with E-state index in [-0.39, 0.29) is 0 Å². The van der Waals surface area contributed by atoms with Gasteiger partial charge in [0.1, 0.15) is 0 Å². The van der Waals surface area contributed by atoms with Crippen molar-refractivity contribution in [1.29, 1.82) is 5.41 Å². The van der Waals surface area contributed by atoms with Gasteiger partial charge in [-0.05, 0) is 19.4 Å². The van der Waals surface area contributed by atoms with Crippen molar-refractivity contribution in [1.82, 2.24) is 0 Å². The maximum Gasteiger partial charge on any atom is 0.0250 e. The van der Waals surface area contributed by atoms with Gasteiger partial charge in [-0.2, -0.15) is 0 Å². The van der Waals surface area contributed by atoms with Gasteiger partial charge in [0.05, 0.1) is 0 Å². The van der Waals surface area contributed by atoms with E-state index in [0.29, 0.717) is 0 Å². The zero-order valence-corrected chi connectivity index (χ0v) is 9.93. The fourth-order valence-electron chi connectivity index (χ4n) is 1.86. The van der Waals surface area contributed by atoms with E-state index in [9.17, 15) is 0 Å². The van der Waals surface area contributed by atoms with Crippen LogP contribution < -0.4 is 5.46 Å². The van der Waals surface area contributed by atoms with Crippen LogP contribution in [-0.2, 0) is 0 Å². The first kappa shape index (κ1) is 12.0. The van der Waals surface area contributed by atoms with E-state index in [1.165, 1.54) is 35.6 Å². The maximum atomic E-state index is 7.24. The van der Waals surface area contributed by atoms with Crippen LogP contribution in [0.4, 0.5) is 0 Å². The molecule has 0 bridgehead atoms. The summed E-state index contributed by atoms with van der Waals surface area (Å²) in [7, 11) is 2.32. The Bertz CT molecular complexity index is 321. The molecule has 0 unspecified atom stereocenters. The van der Waals surface area contributed by atoms with E-state index in [4.69, 9.17) is 5.41 Å². The standard InChI is InChI=1S/C13H19BN/c1-4-5-6-14-13-10(2)7-12(9-15)8-11(13)3/h7-9,15H,4-6H2,1-3H3/q-1. The molecule has 0 spiro atoms. The summed E-state index contributed by atoms with van der Waals surface area (Å²) in [6, 6.07) is 4.16. The van der Waals surface area contributed by atoms with Gasteiger partial charge in [-0.25, -0.2) is 6.32 Å². The molecular formula is C13H19BN-. The SMILES string of the molecule is CCCC[B-]c1c(C)cc(C=N)cc1C. The van der Waals surface area contributed by atoms with E-state index in [1.807, 2.05) is 0 Å². The highest BCUT2D eigenvalue weighted by molar-refractivity contribution is 6.54. The Morgan fingerprint density at radius 1 is 1.27 bits per heavy atom. The molecule has 0 atom stereocenters. The summed E-state index contributed by atoms with van der Waals surface area (Å²) in [4.78, 5) is 0. The highest BCUT2D eigenvalue weighted by Crippen LogP contribution is 2.06. The largest absolute Gasteiger partial charge is 0.308 e. The quantitative estimate of drug-likeness (QED) is 0.429. The molecule has 2 radical (unpaired) electrons. The van der Waals surface area contributed by atoms with Gasteiger partial charge in [-0.15, -0.1) is 0 Å². The van der Waals surface area contributed by atoms with Crippen LogP contribution in [0, 0.1) is 19.3 Å². The van der Waals surface area contributed by atoms with Crippen LogP contribution in [0.25, 0.3) is 0 Å². The second-order valence-electron chi connectivity index (χ2n) is 4.06. The monoisotopic (exact) mass is 200 g/mol. The predicted molar refractivity (Wildman–Crippen MR) is 68.9 cm³/mol. The van der Waals surface area contributed by atoms with Crippen LogP contribution in [0.3, 0.4) is 0 Å². The highest BCUT2D eigenvalue weighted by Gasteiger charge is 1.94. The van der Waals surface area contributed by atoms with Gasteiger partial charge in [-0.3, -0.25) is 12.7 Å². The third-order valence-corrected chi connectivity index (χ3v) is 2.69. The van der Waals surface area contributed by atoms with E-state index in [0.717, 1.165) is 11.9 Å². The van der Waals surface area contributed by atoms with Crippen LogP contribution in [-0.4, -0.2) is 13.5 Å². The summed E-state index contributed by atoms with van der Waals surface area (Å²) in [6.07, 6.45) is 5.07. The van der Waals surface area contributed by atoms with Crippen LogP contribution in [0.5, 0.6) is 0 Å². The first-order chi connectivity index (χ1) is 7.19. The van der Waals surface area contributed by atoms with Crippen LogP contribution in [0.2, 0.25) is 6.32 Å². The van der Waals surface area contributed by atoms with Gasteiger partial charge in [0.25, 0.3) is 0 Å². The van der Waals surface area contributed by atoms with Crippen molar-refractivity contribution in [3.63, 3.8) is 0 Å². The smallest absolute Gasteiger partial charge is 0.0250 e. The van der Waals surface area contributed by atoms with E-state index >= 15 is 0 Å². The normalized spacial score (nSPS) is 10.3. The second kappa shape index (κ2) is 5.74. The topological polar surface area (TPSA) is 23.9 Å². The average Bonchev–Trinajstić information content (AvgIpc) is 2.22. The first-order valence-corrected chi connectivity index (χ1v) is 5.64. The molecule has 0 heterocycles. The Morgan fingerprint density at radius 3 is 2.33 bits per heavy atom. The molecule has 1 nitrogen and oxygen atoms in total. The Kier molecular flexibility index (Phi) is 4.60. The Labute approximate surface area is 93.7 Å². The molecule has 1 aromatic rings. The molecule has 0 aliphatic carbocycles. The van der Waals surface area contributed by atoms with Crippen molar-refractivity contribution in [2.75, 3.05) is 0 Å². The van der Waals surface area contributed by atoms with Crippen molar-refractivity contribution >= 4 is 19.0 Å². The van der Waals surface area contributed by atoms with Crippen molar-refractivity contribution in [2.24, 2.45) is 0 Å². The maximum absolute atomic E-state index is 7.24. The Morgan fingerprint density at radius 2 is 1.87 bits per heavy atom. The van der Waals surface area contributed by atoms with E-state index in [1.54, 1.807) is 0 Å². The minimum Gasteiger partial charge on any atom is -0.308 e. The minimum atomic E-state index is 0.998. The molecule has 0 aliphatic heterocycles. The number of hydrogen-bond donors (Lipinski definition) is 1. The van der Waals surface area contributed by atoms with Crippen LogP contribution in [0.15, 0.2) is 12.1 Å². The third kappa shape index (κ3) is 3.23. The molecular weight excluding hydrogens is 181 g/mol. The zero-order valence-electron chi connectivity index (χ0n) is 9.93. The molecule has 0 aromatic heterocycles. The summed E-state index contributed by atoms with van der Waals surface area (Å²) in [5, 5.41) is 7.24. The molecule has 80 valence electrons. The second-order valence-corrected chi connectivity index (χ2v) is 4.06. The lowest BCUT2D eigenvalue weighted by Crippen LogP contribution is -2.21. The molecule has 0 fully saturated rings. The number of aryl methyl sites for hydroxylation is 2. The first-order valence-electron chi connectivity index (χ1n) is 5.64. The molecule has 0 amide bonds. The van der Waals surface area contributed by atoms with Crippen molar-refractivity contribution < 1.29 is 0 Å². The zero-order chi connectivity index (χ0) is 11.3. The lowest BCUT2D eigenvalue weighted by atomic mass is 9.62. The van der Waals surface area contributed by atoms with Crippen LogP contribution in [0.1, 0.15) is 36.5 Å². The van der Waals surface area contributed by atoms with E-state index < -0.39 is 0 Å². The number of nitrogens with one attached hydrogen (secondary N) is 1. The molecule has 1 N–H and O–H groups in total. The van der Waals surface area contributed by atoms with Gasteiger partial charge in [0, 0.05) is 6.21 Å². The fraction of sp³-hybridized carbons (Fsp3) is 0.462. The molecule has 0 saturated carbocycles. The van der Waals surface area contributed by atoms with E-state index in [2.05, 4.69) is 40.2 Å². The van der Waals surface area contributed by atoms with Crippen molar-refractivity contribution in [3.8, 4) is 0 Å². The van der Waals surface area contributed by atoms with Gasteiger partial charge < -0.3 is 5.41 Å². The minimum absolute atomic E-state index is 0.998. The lowest BCUT2D eigenvalue weighted by Gasteiger charge is -2.23. The molecule has 0 aliphatic rings. The van der Waals surface area contributed by atoms with Crippen LogP contribution >= 0.6 is 0 Å². The summed E-state index contributed by atoms with van der Waals surface area (Å²) < 4.78 is 0. The lowest BCUT2D eigenvalue weighted by molar-refractivity contribution is 0.881. The Balaban J connectivity index is 2.83. The van der Waals surface area contributed by atoms with Gasteiger partial charge in [0.15, 0.2) is 0 Å². The van der Waals surface area contributed by atoms with Gasteiger partial charge >= 0.3 is 0 Å². The number of unbranched alkanes of at least 4 members (excludes halogenated alkanes) is 1.